The molecule has 0 aromatic rings. The summed E-state index contributed by atoms with van der Waals surface area (Å²) in [6.07, 6.45) is 0. The Morgan fingerprint density at radius 1 is 1.43 bits per heavy atom. The van der Waals surface area contributed by atoms with E-state index in [1.807, 2.05) is 0 Å². The minimum absolute atomic E-state index is 1.33. The average molecular weight is 118 g/mol. The number of rotatable bonds is 0. The van der Waals surface area contributed by atoms with Crippen molar-refractivity contribution in [2.75, 3.05) is 21.1 Å². The van der Waals surface area contributed by atoms with E-state index in [4.69, 9.17) is 5.26 Å². The second-order valence-electron chi connectivity index (χ2n) is 1.59. The Hall–Kier alpha value is -0.330. The zero-order chi connectivity index (χ0) is 6.28. The van der Waals surface area contributed by atoms with Gasteiger partial charge in [-0.25, -0.2) is 5.26 Å². The Morgan fingerprint density at radius 3 is 1.43 bits per heavy atom. The quantitative estimate of drug-likeness (QED) is 0.319. The lowest BCUT2D eigenvalue weighted by Crippen LogP contribution is -3.02. The van der Waals surface area contributed by atoms with Gasteiger partial charge in [-0.15, -0.1) is 0 Å². The first kappa shape index (κ1) is 9.83. The Kier molecular flexibility index (Phi) is 12.9. The van der Waals surface area contributed by atoms with Crippen LogP contribution >= 0.6 is 0 Å². The number of quaternary nitrogens is 1. The number of nitrogens with one attached hydrogen (secondary N) is 1. The van der Waals surface area contributed by atoms with Crippen molar-refractivity contribution in [1.82, 2.24) is 0 Å². The van der Waals surface area contributed by atoms with Crippen molar-refractivity contribution in [3.05, 3.63) is 0 Å². The highest BCUT2D eigenvalue weighted by Crippen LogP contribution is 1.16. The van der Waals surface area contributed by atoms with Crippen molar-refractivity contribution >= 4 is 12.6 Å². The predicted octanol–water partition coefficient (Wildman–Crippen LogP) is -1.22. The smallest absolute Gasteiger partial charge is 0.0661 e. The molecule has 3 heteroatoms. The van der Waals surface area contributed by atoms with Gasteiger partial charge in [0.2, 0.25) is 0 Å². The standard InChI is InChI=1S/C3H9N.CHNS/c1-4(2)3;2-1-3/h1-3H3;3H. The molecule has 0 saturated heterocycles. The highest BCUT2D eigenvalue weighted by molar-refractivity contribution is 7.64. The maximum absolute atomic E-state index is 7.13. The van der Waals surface area contributed by atoms with Gasteiger partial charge in [-0.05, 0) is 0 Å². The molecule has 7 heavy (non-hydrogen) atoms. The summed E-state index contributed by atoms with van der Waals surface area (Å²) in [5.41, 5.74) is 0. The SMILES string of the molecule is C[NH+](C)C.N#C[S-]. The molecule has 0 aliphatic heterocycles. The topological polar surface area (TPSA) is 28.2 Å². The number of nitriles is 1. The summed E-state index contributed by atoms with van der Waals surface area (Å²) in [5.74, 6) is 0. The van der Waals surface area contributed by atoms with Crippen LogP contribution in [0.3, 0.4) is 0 Å². The predicted molar refractivity (Wildman–Crippen MR) is 31.7 cm³/mol. The van der Waals surface area contributed by atoms with Crippen LogP contribution in [0, 0.1) is 10.7 Å². The Labute approximate surface area is 50.1 Å². The fourth-order valence-electron chi connectivity index (χ4n) is 0. The summed E-state index contributed by atoms with van der Waals surface area (Å²) >= 11 is 3.70. The summed E-state index contributed by atoms with van der Waals surface area (Å²) in [6, 6.07) is 0. The molecule has 0 unspecified atom stereocenters. The van der Waals surface area contributed by atoms with Gasteiger partial charge in [0.05, 0.1) is 21.1 Å². The molecule has 0 spiro atoms. The van der Waals surface area contributed by atoms with E-state index in [0.29, 0.717) is 0 Å². The van der Waals surface area contributed by atoms with E-state index in [9.17, 15) is 0 Å². The molecule has 0 aliphatic carbocycles. The summed E-state index contributed by atoms with van der Waals surface area (Å²) in [5, 5.41) is 8.47. The van der Waals surface area contributed by atoms with Gasteiger partial charge >= 0.3 is 0 Å². The summed E-state index contributed by atoms with van der Waals surface area (Å²) in [6.45, 7) is 0. The monoisotopic (exact) mass is 118 g/mol. The third-order valence-corrected chi connectivity index (χ3v) is 0. The van der Waals surface area contributed by atoms with Crippen LogP contribution in [-0.2, 0) is 12.6 Å². The number of thiocyanates is 1. The molecule has 0 saturated carbocycles. The van der Waals surface area contributed by atoms with Crippen molar-refractivity contribution < 1.29 is 4.90 Å². The highest BCUT2D eigenvalue weighted by Gasteiger charge is 1.61. The summed E-state index contributed by atoms with van der Waals surface area (Å²) < 4.78 is 0. The molecular weight excluding hydrogens is 108 g/mol. The van der Waals surface area contributed by atoms with Gasteiger partial charge in [-0.2, -0.15) is 0 Å². The number of nitrogens with zero attached hydrogens (tertiary/aromatic N) is 1. The van der Waals surface area contributed by atoms with Crippen LogP contribution in [0.2, 0.25) is 0 Å². The first-order valence-corrected chi connectivity index (χ1v) is 2.34. The van der Waals surface area contributed by atoms with Crippen LogP contribution < -0.4 is 4.90 Å². The van der Waals surface area contributed by atoms with Crippen molar-refractivity contribution in [1.29, 1.82) is 5.26 Å². The van der Waals surface area contributed by atoms with Crippen LogP contribution in [0.1, 0.15) is 0 Å². The molecule has 2 nitrogen and oxygen atoms in total. The molecular formula is C4H10N2S. The Balaban J connectivity index is 0. The van der Waals surface area contributed by atoms with Gasteiger partial charge in [0.25, 0.3) is 0 Å². The maximum Gasteiger partial charge on any atom is 0.0661 e. The molecule has 1 N–H and O–H groups in total. The highest BCUT2D eigenvalue weighted by atomic mass is 32.1. The molecule has 0 bridgehead atoms. The zero-order valence-electron chi connectivity index (χ0n) is 4.86. The maximum atomic E-state index is 7.13. The largest absolute Gasteiger partial charge is 0.696 e. The van der Waals surface area contributed by atoms with E-state index in [1.54, 1.807) is 0 Å². The van der Waals surface area contributed by atoms with Crippen LogP contribution in [0.4, 0.5) is 0 Å². The lowest BCUT2D eigenvalue weighted by Gasteiger charge is -1.88. The van der Waals surface area contributed by atoms with E-state index in [2.05, 4.69) is 33.8 Å². The molecule has 0 heterocycles. The van der Waals surface area contributed by atoms with Crippen molar-refractivity contribution in [3.63, 3.8) is 0 Å². The first-order valence-electron chi connectivity index (χ1n) is 1.93. The average Bonchev–Trinajstić information content (AvgIpc) is 1.33. The molecule has 0 fully saturated rings. The summed E-state index contributed by atoms with van der Waals surface area (Å²) in [7, 11) is 6.25. The third kappa shape index (κ3) is 701. The van der Waals surface area contributed by atoms with E-state index >= 15 is 0 Å². The van der Waals surface area contributed by atoms with E-state index in [1.165, 1.54) is 10.3 Å². The zero-order valence-corrected chi connectivity index (χ0v) is 5.67. The van der Waals surface area contributed by atoms with Gasteiger partial charge in [-0.3, -0.25) is 0 Å². The lowest BCUT2D eigenvalue weighted by molar-refractivity contribution is -0.836. The fourth-order valence-corrected chi connectivity index (χ4v) is 0. The van der Waals surface area contributed by atoms with Crippen molar-refractivity contribution in [2.45, 2.75) is 0 Å². The molecule has 0 radical (unpaired) electrons. The van der Waals surface area contributed by atoms with Gasteiger partial charge in [-0.1, -0.05) is 5.40 Å². The fraction of sp³-hybridized carbons (Fsp3) is 0.750. The number of hydrogen-bond acceptors (Lipinski definition) is 2. The minimum atomic E-state index is 1.33. The normalized spacial score (nSPS) is 6.14. The van der Waals surface area contributed by atoms with Crippen LogP contribution in [0.15, 0.2) is 0 Å². The van der Waals surface area contributed by atoms with E-state index in [0.717, 1.165) is 0 Å². The van der Waals surface area contributed by atoms with Gasteiger partial charge in [0.15, 0.2) is 0 Å². The van der Waals surface area contributed by atoms with Crippen LogP contribution in [0.25, 0.3) is 0 Å². The number of hydrogen-bond donors (Lipinski definition) is 1. The van der Waals surface area contributed by atoms with Crippen LogP contribution in [0.5, 0.6) is 0 Å². The first-order chi connectivity index (χ1) is 3.15. The van der Waals surface area contributed by atoms with E-state index in [-0.39, 0.29) is 0 Å². The third-order valence-electron chi connectivity index (χ3n) is 0. The minimum Gasteiger partial charge on any atom is -0.696 e. The van der Waals surface area contributed by atoms with E-state index < -0.39 is 0 Å². The second kappa shape index (κ2) is 9.18. The summed E-state index contributed by atoms with van der Waals surface area (Å²) in [4.78, 5) is 1.42. The molecule has 0 aliphatic rings. The van der Waals surface area contributed by atoms with Gasteiger partial charge in [0, 0.05) is 0 Å². The van der Waals surface area contributed by atoms with Crippen molar-refractivity contribution in [3.8, 4) is 5.40 Å². The van der Waals surface area contributed by atoms with Gasteiger partial charge < -0.3 is 17.5 Å². The Bertz CT molecular complexity index is 52.4. The molecule has 0 aromatic carbocycles. The second-order valence-corrected chi connectivity index (χ2v) is 1.77. The molecule has 0 rings (SSSR count). The molecule has 0 amide bonds. The molecule has 0 aromatic heterocycles. The Morgan fingerprint density at radius 2 is 1.43 bits per heavy atom. The molecule has 0 atom stereocenters. The van der Waals surface area contributed by atoms with Crippen LogP contribution in [-0.4, -0.2) is 21.1 Å². The van der Waals surface area contributed by atoms with Gasteiger partial charge in [0.1, 0.15) is 0 Å². The molecule has 42 valence electrons. The van der Waals surface area contributed by atoms with Crippen molar-refractivity contribution in [2.24, 2.45) is 0 Å². The lowest BCUT2D eigenvalue weighted by atomic mass is 11.0.